The van der Waals surface area contributed by atoms with Gasteiger partial charge < -0.3 is 10.2 Å². The first-order valence-corrected chi connectivity index (χ1v) is 5.56. The van der Waals surface area contributed by atoms with E-state index in [1.807, 2.05) is 18.2 Å². The van der Waals surface area contributed by atoms with Crippen molar-refractivity contribution in [1.29, 1.82) is 0 Å². The van der Waals surface area contributed by atoms with Crippen LogP contribution in [-0.4, -0.2) is 43.3 Å². The van der Waals surface area contributed by atoms with Gasteiger partial charge in [-0.1, -0.05) is 30.3 Å². The number of rotatable bonds is 5. The van der Waals surface area contributed by atoms with Crippen molar-refractivity contribution in [3.05, 3.63) is 35.9 Å². The summed E-state index contributed by atoms with van der Waals surface area (Å²) in [4.78, 5) is 25.0. The number of carbonyl (C=O) groups excluding carboxylic acids is 2. The van der Waals surface area contributed by atoms with Gasteiger partial charge in [-0.05, 0) is 14.0 Å². The SMILES string of the molecule is CNC(C)C(=O)N(C)CC(=O)c1ccccc1. The zero-order valence-electron chi connectivity index (χ0n) is 10.4. The molecule has 92 valence electrons. The van der Waals surface area contributed by atoms with E-state index in [1.54, 1.807) is 33.2 Å². The fourth-order valence-corrected chi connectivity index (χ4v) is 1.46. The molecule has 0 spiro atoms. The molecule has 1 N–H and O–H groups in total. The molecule has 0 aliphatic rings. The lowest BCUT2D eigenvalue weighted by molar-refractivity contribution is -0.131. The van der Waals surface area contributed by atoms with Crippen LogP contribution in [0.4, 0.5) is 0 Å². The molecule has 0 aliphatic carbocycles. The van der Waals surface area contributed by atoms with Gasteiger partial charge in [0, 0.05) is 12.6 Å². The average molecular weight is 234 g/mol. The number of amides is 1. The zero-order valence-corrected chi connectivity index (χ0v) is 10.4. The smallest absolute Gasteiger partial charge is 0.239 e. The van der Waals surface area contributed by atoms with Crippen LogP contribution >= 0.6 is 0 Å². The average Bonchev–Trinajstić information content (AvgIpc) is 2.37. The Morgan fingerprint density at radius 3 is 2.41 bits per heavy atom. The van der Waals surface area contributed by atoms with Gasteiger partial charge in [0.25, 0.3) is 0 Å². The van der Waals surface area contributed by atoms with Crippen LogP contribution < -0.4 is 5.32 Å². The van der Waals surface area contributed by atoms with Gasteiger partial charge in [-0.25, -0.2) is 0 Å². The van der Waals surface area contributed by atoms with Crippen LogP contribution in [0.2, 0.25) is 0 Å². The zero-order chi connectivity index (χ0) is 12.8. The monoisotopic (exact) mass is 234 g/mol. The predicted molar refractivity (Wildman–Crippen MR) is 66.9 cm³/mol. The fourth-order valence-electron chi connectivity index (χ4n) is 1.46. The second-order valence-electron chi connectivity index (χ2n) is 3.99. The Hall–Kier alpha value is -1.68. The molecule has 0 aromatic heterocycles. The summed E-state index contributed by atoms with van der Waals surface area (Å²) >= 11 is 0. The fraction of sp³-hybridized carbons (Fsp3) is 0.385. The molecule has 0 saturated heterocycles. The number of nitrogens with zero attached hydrogens (tertiary/aromatic N) is 1. The van der Waals surface area contributed by atoms with Crippen molar-refractivity contribution in [1.82, 2.24) is 10.2 Å². The lowest BCUT2D eigenvalue weighted by Crippen LogP contribution is -2.43. The summed E-state index contributed by atoms with van der Waals surface area (Å²) in [5, 5.41) is 2.86. The Bertz CT molecular complexity index is 390. The summed E-state index contributed by atoms with van der Waals surface area (Å²) in [7, 11) is 3.35. The van der Waals surface area contributed by atoms with E-state index in [4.69, 9.17) is 0 Å². The van der Waals surface area contributed by atoms with E-state index in [9.17, 15) is 9.59 Å². The first kappa shape index (κ1) is 13.4. The highest BCUT2D eigenvalue weighted by atomic mass is 16.2. The Kier molecular flexibility index (Phi) is 4.84. The Labute approximate surface area is 102 Å². The molecule has 1 rings (SSSR count). The molecule has 0 radical (unpaired) electrons. The summed E-state index contributed by atoms with van der Waals surface area (Å²) in [6.45, 7) is 1.88. The van der Waals surface area contributed by atoms with Gasteiger partial charge in [0.2, 0.25) is 5.91 Å². The lowest BCUT2D eigenvalue weighted by atomic mass is 10.1. The van der Waals surface area contributed by atoms with E-state index in [2.05, 4.69) is 5.32 Å². The third-order valence-electron chi connectivity index (χ3n) is 2.66. The number of hydrogen-bond donors (Lipinski definition) is 1. The van der Waals surface area contributed by atoms with Crippen molar-refractivity contribution in [2.75, 3.05) is 20.6 Å². The second-order valence-corrected chi connectivity index (χ2v) is 3.99. The molecule has 0 heterocycles. The molecule has 0 fully saturated rings. The number of nitrogens with one attached hydrogen (secondary N) is 1. The van der Waals surface area contributed by atoms with Gasteiger partial charge in [-0.2, -0.15) is 0 Å². The van der Waals surface area contributed by atoms with Gasteiger partial charge >= 0.3 is 0 Å². The summed E-state index contributed by atoms with van der Waals surface area (Å²) in [6.07, 6.45) is 0. The molecular weight excluding hydrogens is 216 g/mol. The maximum absolute atomic E-state index is 11.9. The minimum atomic E-state index is -0.274. The van der Waals surface area contributed by atoms with Gasteiger partial charge in [0.15, 0.2) is 5.78 Å². The van der Waals surface area contributed by atoms with Crippen molar-refractivity contribution in [2.45, 2.75) is 13.0 Å². The van der Waals surface area contributed by atoms with Gasteiger partial charge in [-0.15, -0.1) is 0 Å². The molecule has 4 heteroatoms. The van der Waals surface area contributed by atoms with Crippen molar-refractivity contribution >= 4 is 11.7 Å². The standard InChI is InChI=1S/C13H18N2O2/c1-10(14-2)13(17)15(3)9-12(16)11-7-5-4-6-8-11/h4-8,10,14H,9H2,1-3H3. The van der Waals surface area contributed by atoms with Crippen LogP contribution in [0.1, 0.15) is 17.3 Å². The molecular formula is C13H18N2O2. The normalized spacial score (nSPS) is 11.9. The van der Waals surface area contributed by atoms with E-state index < -0.39 is 0 Å². The third-order valence-corrected chi connectivity index (χ3v) is 2.66. The highest BCUT2D eigenvalue weighted by molar-refractivity contribution is 5.99. The summed E-state index contributed by atoms with van der Waals surface area (Å²) in [6, 6.07) is 8.71. The molecule has 1 aromatic carbocycles. The summed E-state index contributed by atoms with van der Waals surface area (Å²) < 4.78 is 0. The summed E-state index contributed by atoms with van der Waals surface area (Å²) in [5.41, 5.74) is 0.629. The van der Waals surface area contributed by atoms with Crippen LogP contribution in [0.5, 0.6) is 0 Å². The molecule has 17 heavy (non-hydrogen) atoms. The van der Waals surface area contributed by atoms with Crippen LogP contribution in [0.15, 0.2) is 30.3 Å². The van der Waals surface area contributed by atoms with E-state index in [1.165, 1.54) is 4.90 Å². The highest BCUT2D eigenvalue weighted by Crippen LogP contribution is 2.02. The van der Waals surface area contributed by atoms with Crippen molar-refractivity contribution in [2.24, 2.45) is 0 Å². The molecule has 1 amide bonds. The molecule has 1 atom stereocenters. The highest BCUT2D eigenvalue weighted by Gasteiger charge is 2.18. The molecule has 1 unspecified atom stereocenters. The first-order chi connectivity index (χ1) is 8.06. The first-order valence-electron chi connectivity index (χ1n) is 5.56. The van der Waals surface area contributed by atoms with Crippen LogP contribution in [0.25, 0.3) is 0 Å². The van der Waals surface area contributed by atoms with Gasteiger partial charge in [0.1, 0.15) is 0 Å². The molecule has 0 bridgehead atoms. The Morgan fingerprint density at radius 2 is 1.88 bits per heavy atom. The largest absolute Gasteiger partial charge is 0.337 e. The molecule has 1 aromatic rings. The molecule has 4 nitrogen and oxygen atoms in total. The van der Waals surface area contributed by atoms with Gasteiger partial charge in [-0.3, -0.25) is 9.59 Å². The van der Waals surface area contributed by atoms with Gasteiger partial charge in [0.05, 0.1) is 12.6 Å². The second kappa shape index (κ2) is 6.15. The predicted octanol–water partition coefficient (Wildman–Crippen LogP) is 0.936. The van der Waals surface area contributed by atoms with Crippen LogP contribution in [0, 0.1) is 0 Å². The number of carbonyl (C=O) groups is 2. The Morgan fingerprint density at radius 1 is 1.29 bits per heavy atom. The Balaban J connectivity index is 2.61. The maximum atomic E-state index is 11.9. The number of ketones is 1. The molecule has 0 saturated carbocycles. The van der Waals surface area contributed by atoms with Crippen LogP contribution in [-0.2, 0) is 4.79 Å². The lowest BCUT2D eigenvalue weighted by Gasteiger charge is -2.20. The van der Waals surface area contributed by atoms with Crippen molar-refractivity contribution < 1.29 is 9.59 Å². The number of hydrogen-bond acceptors (Lipinski definition) is 3. The number of likely N-dealkylation sites (N-methyl/N-ethyl adjacent to an activating group) is 2. The molecule has 0 aliphatic heterocycles. The van der Waals surface area contributed by atoms with E-state index in [0.717, 1.165) is 0 Å². The number of benzene rings is 1. The minimum absolute atomic E-state index is 0.0512. The maximum Gasteiger partial charge on any atom is 0.239 e. The third kappa shape index (κ3) is 3.67. The quantitative estimate of drug-likeness (QED) is 0.771. The summed E-state index contributed by atoms with van der Waals surface area (Å²) in [5.74, 6) is -0.137. The van der Waals surface area contributed by atoms with Crippen LogP contribution in [0.3, 0.4) is 0 Å². The topological polar surface area (TPSA) is 49.4 Å². The van der Waals surface area contributed by atoms with E-state index >= 15 is 0 Å². The van der Waals surface area contributed by atoms with Crippen molar-refractivity contribution in [3.63, 3.8) is 0 Å². The van der Waals surface area contributed by atoms with Crippen molar-refractivity contribution in [3.8, 4) is 0 Å². The number of Topliss-reactive ketones (excluding diaryl/α,β-unsaturated/α-hetero) is 1. The van der Waals surface area contributed by atoms with E-state index in [-0.39, 0.29) is 24.3 Å². The van der Waals surface area contributed by atoms with E-state index in [0.29, 0.717) is 5.56 Å². The minimum Gasteiger partial charge on any atom is -0.337 e.